The zero-order chi connectivity index (χ0) is 26.6. The van der Waals surface area contributed by atoms with E-state index >= 15 is 0 Å². The van der Waals surface area contributed by atoms with Gasteiger partial charge in [0.2, 0.25) is 5.78 Å². The summed E-state index contributed by atoms with van der Waals surface area (Å²) in [6.45, 7) is 1.40. The van der Waals surface area contributed by atoms with Crippen molar-refractivity contribution >= 4 is 23.2 Å². The van der Waals surface area contributed by atoms with Gasteiger partial charge in [0.05, 0.1) is 17.2 Å². The smallest absolute Gasteiger partial charge is 0.255 e. The van der Waals surface area contributed by atoms with Gasteiger partial charge < -0.3 is 36.6 Å². The molecule has 0 bridgehead atoms. The van der Waals surface area contributed by atoms with E-state index < -0.39 is 75.0 Å². The number of aliphatic hydroxyl groups is 4. The molecule has 0 saturated heterocycles. The maximum atomic E-state index is 13.7. The largest absolute Gasteiger partial charge is 0.508 e. The van der Waals surface area contributed by atoms with Gasteiger partial charge in [-0.25, -0.2) is 0 Å². The van der Waals surface area contributed by atoms with Crippen LogP contribution >= 0.6 is 0 Å². The Bertz CT molecular complexity index is 1170. The topological polar surface area (TPSA) is 194 Å². The van der Waals surface area contributed by atoms with Gasteiger partial charge in [-0.15, -0.1) is 0 Å². The molecule has 0 unspecified atom stereocenters. The number of phenols is 1. The average molecular weight is 490 g/mol. The SMILES string of the molecule is CN(C)[C@@H]1C(=O)C(C(N)=O)=C(O)[C@@]2(O)C(=O)C3=C(O)c4c(O)cccc4[C@@](C)(O)[C@H]3C[C@@H]12.CNC. The maximum absolute atomic E-state index is 13.7. The molecule has 190 valence electrons. The molecule has 1 aromatic rings. The number of phenolic OH excluding ortho intramolecular Hbond substituents is 1. The van der Waals surface area contributed by atoms with Crippen LogP contribution in [0.1, 0.15) is 24.5 Å². The number of hydrogen-bond donors (Lipinski definition) is 7. The summed E-state index contributed by atoms with van der Waals surface area (Å²) in [7, 11) is 6.76. The minimum atomic E-state index is -2.75. The zero-order valence-corrected chi connectivity index (χ0v) is 20.2. The minimum absolute atomic E-state index is 0.170. The molecule has 1 aromatic carbocycles. The number of ketones is 2. The molecule has 8 N–H and O–H groups in total. The van der Waals surface area contributed by atoms with Gasteiger partial charge in [-0.1, -0.05) is 12.1 Å². The van der Waals surface area contributed by atoms with Crippen LogP contribution in [0, 0.1) is 11.8 Å². The Labute approximate surface area is 202 Å². The third-order valence-corrected chi connectivity index (χ3v) is 7.02. The zero-order valence-electron chi connectivity index (χ0n) is 20.2. The first-order valence-corrected chi connectivity index (χ1v) is 11.0. The second kappa shape index (κ2) is 8.76. The predicted octanol–water partition coefficient (Wildman–Crippen LogP) is -0.535. The molecule has 0 aliphatic heterocycles. The lowest BCUT2D eigenvalue weighted by Gasteiger charge is -2.53. The molecular weight excluding hydrogens is 458 g/mol. The lowest BCUT2D eigenvalue weighted by Crippen LogP contribution is -2.67. The molecule has 0 heterocycles. The van der Waals surface area contributed by atoms with Gasteiger partial charge >= 0.3 is 0 Å². The number of nitrogens with zero attached hydrogens (tertiary/aromatic N) is 1. The number of benzene rings is 1. The number of nitrogens with one attached hydrogen (secondary N) is 1. The fraction of sp³-hybridized carbons (Fsp3) is 0.458. The first-order valence-electron chi connectivity index (χ1n) is 11.0. The van der Waals surface area contributed by atoms with Crippen LogP contribution in [-0.2, 0) is 20.0 Å². The third kappa shape index (κ3) is 3.54. The van der Waals surface area contributed by atoms with Crippen LogP contribution < -0.4 is 11.1 Å². The number of aliphatic hydroxyl groups excluding tert-OH is 2. The van der Waals surface area contributed by atoms with Gasteiger partial charge in [-0.05, 0) is 53.2 Å². The Morgan fingerprint density at radius 3 is 2.23 bits per heavy atom. The van der Waals surface area contributed by atoms with Crippen LogP contribution in [0.2, 0.25) is 0 Å². The number of primary amides is 1. The number of likely N-dealkylation sites (N-methyl/N-ethyl adjacent to an activating group) is 1. The number of fused-ring (bicyclic) bond motifs is 3. The van der Waals surface area contributed by atoms with Crippen LogP contribution in [0.3, 0.4) is 0 Å². The highest BCUT2D eigenvalue weighted by Gasteiger charge is 2.66. The second-order valence-corrected chi connectivity index (χ2v) is 9.46. The van der Waals surface area contributed by atoms with Crippen molar-refractivity contribution in [3.8, 4) is 5.75 Å². The van der Waals surface area contributed by atoms with E-state index in [1.807, 2.05) is 14.1 Å². The molecule has 3 aliphatic carbocycles. The fourth-order valence-corrected chi connectivity index (χ4v) is 5.50. The van der Waals surface area contributed by atoms with Crippen molar-refractivity contribution in [3.05, 3.63) is 46.2 Å². The summed E-state index contributed by atoms with van der Waals surface area (Å²) in [5.41, 5.74) is -0.548. The van der Waals surface area contributed by atoms with Crippen LogP contribution in [0.25, 0.3) is 5.76 Å². The summed E-state index contributed by atoms with van der Waals surface area (Å²) >= 11 is 0. The quantitative estimate of drug-likeness (QED) is 0.265. The summed E-state index contributed by atoms with van der Waals surface area (Å²) in [6, 6.07) is 3.02. The van der Waals surface area contributed by atoms with Crippen molar-refractivity contribution < 1.29 is 39.9 Å². The van der Waals surface area contributed by atoms with Crippen molar-refractivity contribution in [2.75, 3.05) is 28.2 Å². The Hall–Kier alpha value is -3.25. The standard InChI is InChI=1S/C22H24N2O8.C2H7N/c1-21(31)8-5-4-6-11(25)12(8)16(26)13-9(21)7-10-15(24(2)3)17(27)14(20(23)30)19(29)22(10,32)18(13)28;1-3-2/h4-6,9-10,15,25-26,29,31-32H,7H2,1-3H3,(H2,23,30);3H,1-2H3/t9-,10-,15-,21+,22-;/m0./s1. The van der Waals surface area contributed by atoms with Gasteiger partial charge in [0.25, 0.3) is 5.91 Å². The number of hydrogen-bond acceptors (Lipinski definition) is 10. The molecule has 3 aliphatic rings. The van der Waals surface area contributed by atoms with Crippen molar-refractivity contribution in [3.63, 3.8) is 0 Å². The molecule has 35 heavy (non-hydrogen) atoms. The van der Waals surface area contributed by atoms with E-state index in [1.54, 1.807) is 0 Å². The van der Waals surface area contributed by atoms with Crippen molar-refractivity contribution in [1.82, 2.24) is 10.2 Å². The molecule has 11 heteroatoms. The Kier molecular flexibility index (Phi) is 6.59. The normalized spacial score (nSPS) is 31.9. The molecule has 1 amide bonds. The van der Waals surface area contributed by atoms with Crippen molar-refractivity contribution in [2.45, 2.75) is 30.6 Å². The van der Waals surface area contributed by atoms with E-state index in [0.29, 0.717) is 0 Å². The van der Waals surface area contributed by atoms with Gasteiger partial charge in [0.1, 0.15) is 22.8 Å². The molecule has 0 radical (unpaired) electrons. The van der Waals surface area contributed by atoms with E-state index in [2.05, 4.69) is 5.32 Å². The number of amides is 1. The fourth-order valence-electron chi connectivity index (χ4n) is 5.50. The first-order chi connectivity index (χ1) is 16.2. The summed E-state index contributed by atoms with van der Waals surface area (Å²) in [5, 5.41) is 57.6. The van der Waals surface area contributed by atoms with E-state index in [0.717, 1.165) is 0 Å². The van der Waals surface area contributed by atoms with Crippen LogP contribution in [0.5, 0.6) is 5.75 Å². The Morgan fingerprint density at radius 2 is 1.71 bits per heavy atom. The number of Topliss-reactive ketones (excluding diaryl/α,β-unsaturated/α-hetero) is 2. The first kappa shape index (κ1) is 26.4. The number of rotatable bonds is 2. The third-order valence-electron chi connectivity index (χ3n) is 7.02. The Morgan fingerprint density at radius 1 is 1.14 bits per heavy atom. The van der Waals surface area contributed by atoms with Crippen LogP contribution in [-0.4, -0.2) is 87.7 Å². The summed E-state index contributed by atoms with van der Waals surface area (Å²) in [4.78, 5) is 40.0. The van der Waals surface area contributed by atoms with Gasteiger partial charge in [-0.2, -0.15) is 0 Å². The lowest BCUT2D eigenvalue weighted by atomic mass is 9.54. The molecule has 5 atom stereocenters. The second-order valence-electron chi connectivity index (χ2n) is 9.46. The van der Waals surface area contributed by atoms with E-state index in [4.69, 9.17) is 5.73 Å². The molecule has 4 rings (SSSR count). The van der Waals surface area contributed by atoms with Crippen LogP contribution in [0.4, 0.5) is 0 Å². The Balaban J connectivity index is 0.00000108. The minimum Gasteiger partial charge on any atom is -0.508 e. The van der Waals surface area contributed by atoms with E-state index in [9.17, 15) is 39.9 Å². The highest BCUT2D eigenvalue weighted by atomic mass is 16.3. The van der Waals surface area contributed by atoms with Gasteiger partial charge in [0, 0.05) is 17.4 Å². The molecule has 0 aromatic heterocycles. The predicted molar refractivity (Wildman–Crippen MR) is 125 cm³/mol. The maximum Gasteiger partial charge on any atom is 0.255 e. The lowest BCUT2D eigenvalue weighted by molar-refractivity contribution is -0.159. The molecule has 1 fully saturated rings. The molecule has 1 saturated carbocycles. The highest BCUT2D eigenvalue weighted by molar-refractivity contribution is 6.24. The number of aromatic hydroxyl groups is 1. The van der Waals surface area contributed by atoms with Crippen molar-refractivity contribution in [2.24, 2.45) is 17.6 Å². The molecule has 0 spiro atoms. The number of carbonyl (C=O) groups excluding carboxylic acids is 3. The molecule has 11 nitrogen and oxygen atoms in total. The van der Waals surface area contributed by atoms with Gasteiger partial charge in [-0.3, -0.25) is 19.3 Å². The van der Waals surface area contributed by atoms with E-state index in [1.165, 1.54) is 44.1 Å². The highest BCUT2D eigenvalue weighted by Crippen LogP contribution is 2.57. The monoisotopic (exact) mass is 489 g/mol. The summed E-state index contributed by atoms with van der Waals surface area (Å²) in [6.07, 6.45) is -0.200. The summed E-state index contributed by atoms with van der Waals surface area (Å²) in [5.74, 6) is -7.90. The van der Waals surface area contributed by atoms with Gasteiger partial charge in [0.15, 0.2) is 11.4 Å². The average Bonchev–Trinajstić information content (AvgIpc) is 2.74. The summed E-state index contributed by atoms with van der Waals surface area (Å²) < 4.78 is 0. The molecular formula is C24H31N3O8. The van der Waals surface area contributed by atoms with E-state index in [-0.39, 0.29) is 17.5 Å². The number of nitrogens with two attached hydrogens (primary N) is 1. The number of carbonyl (C=O) groups is 3. The van der Waals surface area contributed by atoms with Crippen molar-refractivity contribution in [1.29, 1.82) is 0 Å². The van der Waals surface area contributed by atoms with Crippen LogP contribution in [0.15, 0.2) is 35.1 Å².